The Morgan fingerprint density at radius 3 is 2.37 bits per heavy atom. The average molecular weight is 426 g/mol. The third kappa shape index (κ3) is 5.07. The lowest BCUT2D eigenvalue weighted by Crippen LogP contribution is -2.35. The Balaban J connectivity index is 1.75. The summed E-state index contributed by atoms with van der Waals surface area (Å²) in [7, 11) is 0. The molecule has 1 N–H and O–H groups in total. The Morgan fingerprint density at radius 1 is 1.10 bits per heavy atom. The van der Waals surface area contributed by atoms with Gasteiger partial charge in [0.1, 0.15) is 5.15 Å². The zero-order valence-electron chi connectivity index (χ0n) is 17.0. The van der Waals surface area contributed by atoms with Gasteiger partial charge in [-0.3, -0.25) is 9.59 Å². The van der Waals surface area contributed by atoms with Crippen LogP contribution in [0.3, 0.4) is 0 Å². The molecule has 0 aliphatic carbocycles. The Morgan fingerprint density at radius 2 is 1.73 bits per heavy atom. The third-order valence-electron chi connectivity index (χ3n) is 4.69. The van der Waals surface area contributed by atoms with Crippen LogP contribution in [0.15, 0.2) is 60.7 Å². The summed E-state index contributed by atoms with van der Waals surface area (Å²) in [6.45, 7) is 3.91. The predicted molar refractivity (Wildman–Crippen MR) is 116 cm³/mol. The number of aromatic nitrogens is 2. The second-order valence-corrected chi connectivity index (χ2v) is 7.21. The number of hydrogen-bond donors (Lipinski definition) is 1. The molecule has 1 amide bonds. The van der Waals surface area contributed by atoms with Gasteiger partial charge in [0.05, 0.1) is 29.5 Å². The summed E-state index contributed by atoms with van der Waals surface area (Å²) in [4.78, 5) is 25.3. The van der Waals surface area contributed by atoms with E-state index in [4.69, 9.17) is 16.3 Å². The SMILES string of the molecule is CCOC(=O)C(CNC(=O)c1c(C)nn(-c2ccccc2)c1Cl)Cc1ccccc1. The largest absolute Gasteiger partial charge is 0.466 e. The van der Waals surface area contributed by atoms with E-state index < -0.39 is 5.92 Å². The first-order chi connectivity index (χ1) is 14.5. The molecule has 3 rings (SSSR count). The molecule has 0 aliphatic heterocycles. The topological polar surface area (TPSA) is 73.2 Å². The molecule has 0 bridgehead atoms. The zero-order chi connectivity index (χ0) is 21.5. The number of nitrogens with zero attached hydrogens (tertiary/aromatic N) is 2. The van der Waals surface area contributed by atoms with Crippen LogP contribution >= 0.6 is 11.6 Å². The Bertz CT molecular complexity index is 1000. The maximum absolute atomic E-state index is 12.9. The van der Waals surface area contributed by atoms with Crippen molar-refractivity contribution in [2.45, 2.75) is 20.3 Å². The zero-order valence-corrected chi connectivity index (χ0v) is 17.7. The molecular formula is C23H24ClN3O3. The minimum absolute atomic E-state index is 0.138. The normalized spacial score (nSPS) is 11.7. The first-order valence-electron chi connectivity index (χ1n) is 9.80. The number of aryl methyl sites for hydroxylation is 1. The van der Waals surface area contributed by atoms with Gasteiger partial charge in [-0.15, -0.1) is 0 Å². The fourth-order valence-electron chi connectivity index (χ4n) is 3.20. The van der Waals surface area contributed by atoms with Crippen LogP contribution < -0.4 is 5.32 Å². The van der Waals surface area contributed by atoms with Gasteiger partial charge >= 0.3 is 5.97 Å². The lowest BCUT2D eigenvalue weighted by Gasteiger charge is -2.16. The van der Waals surface area contributed by atoms with Crippen LogP contribution in [0.4, 0.5) is 0 Å². The monoisotopic (exact) mass is 425 g/mol. The van der Waals surface area contributed by atoms with Gasteiger partial charge in [0.2, 0.25) is 0 Å². The summed E-state index contributed by atoms with van der Waals surface area (Å²) in [5.41, 5.74) is 2.56. The van der Waals surface area contributed by atoms with Crippen LogP contribution in [-0.4, -0.2) is 34.8 Å². The van der Waals surface area contributed by atoms with Gasteiger partial charge < -0.3 is 10.1 Å². The molecule has 0 saturated carbocycles. The molecule has 1 aromatic heterocycles. The van der Waals surface area contributed by atoms with Crippen LogP contribution in [0.5, 0.6) is 0 Å². The molecule has 7 heteroatoms. The van der Waals surface area contributed by atoms with E-state index in [-0.39, 0.29) is 30.2 Å². The van der Waals surface area contributed by atoms with Crippen molar-refractivity contribution < 1.29 is 14.3 Å². The highest BCUT2D eigenvalue weighted by atomic mass is 35.5. The van der Waals surface area contributed by atoms with E-state index in [0.29, 0.717) is 17.7 Å². The minimum Gasteiger partial charge on any atom is -0.466 e. The summed E-state index contributed by atoms with van der Waals surface area (Å²) >= 11 is 6.46. The fraction of sp³-hybridized carbons (Fsp3) is 0.261. The van der Waals surface area contributed by atoms with Crippen molar-refractivity contribution in [2.24, 2.45) is 5.92 Å². The van der Waals surface area contributed by atoms with Gasteiger partial charge in [0, 0.05) is 6.54 Å². The lowest BCUT2D eigenvalue weighted by molar-refractivity contribution is -0.147. The molecule has 1 unspecified atom stereocenters. The highest BCUT2D eigenvalue weighted by Crippen LogP contribution is 2.23. The first-order valence-corrected chi connectivity index (χ1v) is 10.2. The third-order valence-corrected chi connectivity index (χ3v) is 5.03. The highest BCUT2D eigenvalue weighted by Gasteiger charge is 2.25. The van der Waals surface area contributed by atoms with Crippen LogP contribution in [0.1, 0.15) is 28.5 Å². The van der Waals surface area contributed by atoms with Gasteiger partial charge in [0.25, 0.3) is 5.91 Å². The summed E-state index contributed by atoms with van der Waals surface area (Å²) in [5, 5.41) is 7.45. The number of ether oxygens (including phenoxy) is 1. The smallest absolute Gasteiger partial charge is 0.311 e. The van der Waals surface area contributed by atoms with Gasteiger partial charge in [-0.25, -0.2) is 4.68 Å². The number of esters is 1. The number of amides is 1. The van der Waals surface area contributed by atoms with Crippen molar-refractivity contribution >= 4 is 23.5 Å². The van der Waals surface area contributed by atoms with Crippen molar-refractivity contribution in [1.82, 2.24) is 15.1 Å². The molecule has 6 nitrogen and oxygen atoms in total. The van der Waals surface area contributed by atoms with Gasteiger partial charge in [-0.2, -0.15) is 5.10 Å². The van der Waals surface area contributed by atoms with Crippen molar-refractivity contribution in [2.75, 3.05) is 13.2 Å². The Kier molecular flexibility index (Phi) is 7.25. The van der Waals surface area contributed by atoms with Crippen molar-refractivity contribution in [3.8, 4) is 5.69 Å². The predicted octanol–water partition coefficient (Wildman–Crippen LogP) is 3.99. The number of carbonyl (C=O) groups is 2. The molecular weight excluding hydrogens is 402 g/mol. The van der Waals surface area contributed by atoms with Crippen molar-refractivity contribution in [3.63, 3.8) is 0 Å². The summed E-state index contributed by atoms with van der Waals surface area (Å²) in [6.07, 6.45) is 0.468. The summed E-state index contributed by atoms with van der Waals surface area (Å²) in [6, 6.07) is 19.0. The molecule has 0 fully saturated rings. The number of nitrogens with one attached hydrogen (secondary N) is 1. The lowest BCUT2D eigenvalue weighted by atomic mass is 9.99. The molecule has 1 atom stereocenters. The van der Waals surface area contributed by atoms with Gasteiger partial charge in [-0.1, -0.05) is 60.1 Å². The van der Waals surface area contributed by atoms with E-state index in [2.05, 4.69) is 10.4 Å². The second-order valence-electron chi connectivity index (χ2n) is 6.85. The fourth-order valence-corrected chi connectivity index (χ4v) is 3.56. The Hall–Kier alpha value is -3.12. The number of halogens is 1. The number of benzene rings is 2. The van der Waals surface area contributed by atoms with E-state index in [0.717, 1.165) is 11.3 Å². The number of rotatable bonds is 8. The highest BCUT2D eigenvalue weighted by molar-refractivity contribution is 6.33. The maximum atomic E-state index is 12.9. The minimum atomic E-state index is -0.500. The molecule has 3 aromatic rings. The van der Waals surface area contributed by atoms with Crippen LogP contribution in [0, 0.1) is 12.8 Å². The molecule has 0 saturated heterocycles. The van der Waals surface area contributed by atoms with E-state index in [9.17, 15) is 9.59 Å². The van der Waals surface area contributed by atoms with Crippen molar-refractivity contribution in [1.29, 1.82) is 0 Å². The van der Waals surface area contributed by atoms with Crippen LogP contribution in [0.2, 0.25) is 5.15 Å². The van der Waals surface area contributed by atoms with Crippen LogP contribution in [-0.2, 0) is 16.0 Å². The maximum Gasteiger partial charge on any atom is 0.311 e. The van der Waals surface area contributed by atoms with Gasteiger partial charge in [0.15, 0.2) is 0 Å². The molecule has 0 radical (unpaired) electrons. The van der Waals surface area contributed by atoms with E-state index in [1.165, 1.54) is 4.68 Å². The number of hydrogen-bond acceptors (Lipinski definition) is 4. The van der Waals surface area contributed by atoms with E-state index >= 15 is 0 Å². The molecule has 0 aliphatic rings. The first kappa shape index (κ1) is 21.6. The number of para-hydroxylation sites is 1. The Labute approximate surface area is 180 Å². The summed E-state index contributed by atoms with van der Waals surface area (Å²) < 4.78 is 6.72. The van der Waals surface area contributed by atoms with E-state index in [1.54, 1.807) is 13.8 Å². The molecule has 156 valence electrons. The summed E-state index contributed by atoms with van der Waals surface area (Å²) in [5.74, 6) is -1.22. The average Bonchev–Trinajstić information content (AvgIpc) is 3.06. The molecule has 1 heterocycles. The van der Waals surface area contributed by atoms with Gasteiger partial charge in [-0.05, 0) is 38.0 Å². The second kappa shape index (κ2) is 10.1. The van der Waals surface area contributed by atoms with E-state index in [1.807, 2.05) is 60.7 Å². The molecule has 0 spiro atoms. The van der Waals surface area contributed by atoms with Crippen LogP contribution in [0.25, 0.3) is 5.69 Å². The standard InChI is InChI=1S/C23H24ClN3O3/c1-3-30-23(29)18(14-17-10-6-4-7-11-17)15-25-22(28)20-16(2)26-27(21(20)24)19-12-8-5-9-13-19/h4-13,18H,3,14-15H2,1-2H3,(H,25,28). The number of carbonyl (C=O) groups excluding carboxylic acids is 2. The molecule has 30 heavy (non-hydrogen) atoms. The van der Waals surface area contributed by atoms with Crippen molar-refractivity contribution in [3.05, 3.63) is 82.6 Å². The molecule has 2 aromatic carbocycles. The quantitative estimate of drug-likeness (QED) is 0.554.